The lowest BCUT2D eigenvalue weighted by molar-refractivity contribution is 0.263. The number of sulfonamides is 1. The van der Waals surface area contributed by atoms with Gasteiger partial charge in [0.05, 0.1) is 0 Å². The van der Waals surface area contributed by atoms with Crippen molar-refractivity contribution in [2.24, 2.45) is 5.92 Å². The molecular weight excluding hydrogens is 279 g/mol. The number of aryl methyl sites for hydroxylation is 1. The molecule has 0 unspecified atom stereocenters. The van der Waals surface area contributed by atoms with E-state index < -0.39 is 15.8 Å². The molecule has 1 atom stereocenters. The van der Waals surface area contributed by atoms with Crippen LogP contribution < -0.4 is 5.32 Å². The molecule has 4 nitrogen and oxygen atoms in total. The van der Waals surface area contributed by atoms with Gasteiger partial charge < -0.3 is 5.32 Å². The predicted molar refractivity (Wildman–Crippen MR) is 76.5 cm³/mol. The summed E-state index contributed by atoms with van der Waals surface area (Å²) in [5.41, 5.74) is 0.716. The quantitative estimate of drug-likeness (QED) is 0.922. The molecule has 1 aliphatic rings. The monoisotopic (exact) mass is 300 g/mol. The second-order valence-electron chi connectivity index (χ2n) is 5.36. The zero-order chi connectivity index (χ0) is 14.8. The Balaban J connectivity index is 2.25. The predicted octanol–water partition coefficient (Wildman–Crippen LogP) is 1.75. The van der Waals surface area contributed by atoms with Crippen molar-refractivity contribution in [1.29, 1.82) is 0 Å². The summed E-state index contributed by atoms with van der Waals surface area (Å²) in [7, 11) is -1.88. The third-order valence-corrected chi connectivity index (χ3v) is 5.58. The van der Waals surface area contributed by atoms with Crippen molar-refractivity contribution in [2.45, 2.75) is 24.7 Å². The van der Waals surface area contributed by atoms with E-state index in [1.54, 1.807) is 13.0 Å². The summed E-state index contributed by atoms with van der Waals surface area (Å²) < 4.78 is 40.4. The van der Waals surface area contributed by atoms with Crippen LogP contribution in [0.15, 0.2) is 23.1 Å². The third-order valence-electron chi connectivity index (χ3n) is 3.68. The highest BCUT2D eigenvalue weighted by Crippen LogP contribution is 2.25. The van der Waals surface area contributed by atoms with Crippen molar-refractivity contribution in [2.75, 3.05) is 26.7 Å². The number of hydrogen-bond acceptors (Lipinski definition) is 3. The largest absolute Gasteiger partial charge is 0.319 e. The summed E-state index contributed by atoms with van der Waals surface area (Å²) in [6.45, 7) is 3.44. The number of halogens is 1. The molecule has 0 bridgehead atoms. The summed E-state index contributed by atoms with van der Waals surface area (Å²) in [6, 6.07) is 4.26. The molecule has 0 amide bonds. The van der Waals surface area contributed by atoms with Gasteiger partial charge in [0.25, 0.3) is 0 Å². The van der Waals surface area contributed by atoms with E-state index in [2.05, 4.69) is 5.32 Å². The lowest BCUT2D eigenvalue weighted by Gasteiger charge is -2.31. The summed E-state index contributed by atoms with van der Waals surface area (Å²) in [5.74, 6) is -0.377. The summed E-state index contributed by atoms with van der Waals surface area (Å²) in [5, 5.41) is 3.07. The van der Waals surface area contributed by atoms with Gasteiger partial charge in [-0.05, 0) is 57.0 Å². The zero-order valence-corrected chi connectivity index (χ0v) is 12.7. The molecule has 0 spiro atoms. The maximum atomic E-state index is 13.9. The van der Waals surface area contributed by atoms with Crippen LogP contribution in [0, 0.1) is 18.7 Å². The molecule has 1 aliphatic heterocycles. The van der Waals surface area contributed by atoms with Gasteiger partial charge in [0.1, 0.15) is 10.7 Å². The lowest BCUT2D eigenvalue weighted by Crippen LogP contribution is -2.42. The Kier molecular flexibility index (Phi) is 4.78. The molecule has 1 fully saturated rings. The van der Waals surface area contributed by atoms with E-state index in [4.69, 9.17) is 0 Å². The molecule has 20 heavy (non-hydrogen) atoms. The Morgan fingerprint density at radius 1 is 1.45 bits per heavy atom. The number of piperidine rings is 1. The Morgan fingerprint density at radius 2 is 2.20 bits per heavy atom. The highest BCUT2D eigenvalue weighted by molar-refractivity contribution is 7.89. The molecule has 0 radical (unpaired) electrons. The summed E-state index contributed by atoms with van der Waals surface area (Å²) in [6.07, 6.45) is 1.82. The van der Waals surface area contributed by atoms with Crippen LogP contribution in [0.1, 0.15) is 18.4 Å². The minimum atomic E-state index is -3.73. The average molecular weight is 300 g/mol. The van der Waals surface area contributed by atoms with Crippen molar-refractivity contribution in [1.82, 2.24) is 9.62 Å². The van der Waals surface area contributed by atoms with Crippen LogP contribution >= 0.6 is 0 Å². The standard InChI is InChI=1S/C14H21FN2O2S/c1-11-5-6-14(13(15)8-11)20(18,19)17-7-3-4-12(10-17)9-16-2/h5-6,8,12,16H,3-4,7,9-10H2,1-2H3/t12-/m1/s1. The summed E-state index contributed by atoms with van der Waals surface area (Å²) in [4.78, 5) is -0.215. The van der Waals surface area contributed by atoms with Crippen LogP contribution in [-0.4, -0.2) is 39.4 Å². The van der Waals surface area contributed by atoms with E-state index >= 15 is 0 Å². The fourth-order valence-corrected chi connectivity index (χ4v) is 4.25. The molecule has 1 N–H and O–H groups in total. The van der Waals surface area contributed by atoms with Gasteiger partial charge in [-0.1, -0.05) is 6.07 Å². The van der Waals surface area contributed by atoms with Gasteiger partial charge in [-0.25, -0.2) is 12.8 Å². The van der Waals surface area contributed by atoms with E-state index in [-0.39, 0.29) is 10.8 Å². The van der Waals surface area contributed by atoms with Crippen LogP contribution in [0.5, 0.6) is 0 Å². The van der Waals surface area contributed by atoms with Gasteiger partial charge in [0.15, 0.2) is 0 Å². The second-order valence-corrected chi connectivity index (χ2v) is 7.27. The van der Waals surface area contributed by atoms with Crippen molar-refractivity contribution < 1.29 is 12.8 Å². The van der Waals surface area contributed by atoms with Gasteiger partial charge in [-0.2, -0.15) is 4.31 Å². The Labute approximate surface area is 120 Å². The first kappa shape index (κ1) is 15.4. The van der Waals surface area contributed by atoms with Crippen molar-refractivity contribution in [3.63, 3.8) is 0 Å². The molecule has 6 heteroatoms. The molecule has 0 saturated carbocycles. The number of hydrogen-bond donors (Lipinski definition) is 1. The smallest absolute Gasteiger partial charge is 0.245 e. The molecule has 1 aromatic carbocycles. The Morgan fingerprint density at radius 3 is 2.85 bits per heavy atom. The van der Waals surface area contributed by atoms with Gasteiger partial charge in [-0.3, -0.25) is 0 Å². The minimum Gasteiger partial charge on any atom is -0.319 e. The van der Waals surface area contributed by atoms with Crippen LogP contribution in [0.25, 0.3) is 0 Å². The Bertz CT molecular complexity index is 573. The van der Waals surface area contributed by atoms with Crippen LogP contribution in [0.3, 0.4) is 0 Å². The normalized spacial score (nSPS) is 21.1. The first-order valence-corrected chi connectivity index (χ1v) is 8.30. The molecule has 2 rings (SSSR count). The van der Waals surface area contributed by atoms with Gasteiger partial charge in [-0.15, -0.1) is 0 Å². The molecule has 1 saturated heterocycles. The van der Waals surface area contributed by atoms with Gasteiger partial charge >= 0.3 is 0 Å². The lowest BCUT2D eigenvalue weighted by atomic mass is 10.00. The molecule has 112 valence electrons. The van der Waals surface area contributed by atoms with Crippen LogP contribution in [0.2, 0.25) is 0 Å². The third kappa shape index (κ3) is 3.19. The first-order valence-electron chi connectivity index (χ1n) is 6.86. The molecule has 1 aromatic rings. The number of nitrogens with zero attached hydrogens (tertiary/aromatic N) is 1. The van der Waals surface area contributed by atoms with Crippen LogP contribution in [0.4, 0.5) is 4.39 Å². The number of benzene rings is 1. The molecule has 1 heterocycles. The topological polar surface area (TPSA) is 49.4 Å². The number of nitrogens with one attached hydrogen (secondary N) is 1. The fraction of sp³-hybridized carbons (Fsp3) is 0.571. The van der Waals surface area contributed by atoms with E-state index in [1.807, 2.05) is 7.05 Å². The minimum absolute atomic E-state index is 0.215. The Hall–Kier alpha value is -0.980. The van der Waals surface area contributed by atoms with E-state index in [0.29, 0.717) is 18.7 Å². The summed E-state index contributed by atoms with van der Waals surface area (Å²) >= 11 is 0. The van der Waals surface area contributed by atoms with E-state index in [1.165, 1.54) is 16.4 Å². The van der Waals surface area contributed by atoms with E-state index in [9.17, 15) is 12.8 Å². The van der Waals surface area contributed by atoms with E-state index in [0.717, 1.165) is 19.4 Å². The zero-order valence-electron chi connectivity index (χ0n) is 11.9. The maximum absolute atomic E-state index is 13.9. The van der Waals surface area contributed by atoms with Crippen molar-refractivity contribution in [3.8, 4) is 0 Å². The first-order chi connectivity index (χ1) is 9.45. The molecular formula is C14H21FN2O2S. The fourth-order valence-electron chi connectivity index (χ4n) is 2.65. The molecule has 0 aromatic heterocycles. The van der Waals surface area contributed by atoms with Crippen molar-refractivity contribution in [3.05, 3.63) is 29.6 Å². The average Bonchev–Trinajstić information content (AvgIpc) is 2.39. The van der Waals surface area contributed by atoms with Crippen molar-refractivity contribution >= 4 is 10.0 Å². The van der Waals surface area contributed by atoms with Gasteiger partial charge in [0.2, 0.25) is 10.0 Å². The maximum Gasteiger partial charge on any atom is 0.245 e. The second kappa shape index (κ2) is 6.20. The SMILES string of the molecule is CNC[C@H]1CCCN(S(=O)(=O)c2ccc(C)cc2F)C1. The highest BCUT2D eigenvalue weighted by Gasteiger charge is 2.31. The van der Waals surface area contributed by atoms with Crippen LogP contribution in [-0.2, 0) is 10.0 Å². The van der Waals surface area contributed by atoms with Gasteiger partial charge in [0, 0.05) is 13.1 Å². The highest BCUT2D eigenvalue weighted by atomic mass is 32.2. The number of rotatable bonds is 4. The molecule has 0 aliphatic carbocycles.